The van der Waals surface area contributed by atoms with E-state index in [1.54, 1.807) is 0 Å². The van der Waals surface area contributed by atoms with Crippen LogP contribution in [0.5, 0.6) is 0 Å². The fraction of sp³-hybridized carbons (Fsp3) is 0.571. The van der Waals surface area contributed by atoms with Crippen LogP contribution in [0.1, 0.15) is 31.2 Å². The van der Waals surface area contributed by atoms with Crippen LogP contribution in [-0.2, 0) is 4.74 Å². The highest BCUT2D eigenvalue weighted by atomic mass is 16.6. The summed E-state index contributed by atoms with van der Waals surface area (Å²) in [5.41, 5.74) is 0.907. The number of aliphatic hydroxyl groups is 1. The summed E-state index contributed by atoms with van der Waals surface area (Å²) < 4.78 is 5.18. The van der Waals surface area contributed by atoms with Crippen LogP contribution in [0.4, 0.5) is 0 Å². The molecule has 1 N–H and O–H groups in total. The van der Waals surface area contributed by atoms with Crippen molar-refractivity contribution in [1.29, 1.82) is 0 Å². The Morgan fingerprint density at radius 2 is 2.11 bits per heavy atom. The molecule has 1 aliphatic heterocycles. The van der Waals surface area contributed by atoms with Crippen LogP contribution >= 0.6 is 0 Å². The number of nitrogens with zero attached hydrogens (tertiary/aromatic N) is 1. The summed E-state index contributed by atoms with van der Waals surface area (Å²) in [6.45, 7) is 1.97. The molecular weight excluding hydrogens is 246 g/mol. The average molecular weight is 265 g/mol. The van der Waals surface area contributed by atoms with E-state index in [1.807, 2.05) is 37.3 Å². The molecule has 5 heteroatoms. The highest BCUT2D eigenvalue weighted by molar-refractivity contribution is 5.22. The van der Waals surface area contributed by atoms with Crippen LogP contribution < -0.4 is 0 Å². The first kappa shape index (κ1) is 14.0. The Balaban J connectivity index is 2.35. The van der Waals surface area contributed by atoms with Crippen molar-refractivity contribution in [3.8, 4) is 0 Å². The molecule has 1 aliphatic rings. The Hall–Kier alpha value is -1.46. The second kappa shape index (κ2) is 6.12. The zero-order valence-electron chi connectivity index (χ0n) is 10.9. The van der Waals surface area contributed by atoms with E-state index in [1.165, 1.54) is 0 Å². The van der Waals surface area contributed by atoms with Gasteiger partial charge in [0.25, 0.3) is 0 Å². The molecule has 1 aromatic rings. The Morgan fingerprint density at radius 1 is 1.42 bits per heavy atom. The molecule has 0 bridgehead atoms. The smallest absolute Gasteiger partial charge is 0.243 e. The van der Waals surface area contributed by atoms with Crippen molar-refractivity contribution in [2.45, 2.75) is 38.0 Å². The van der Waals surface area contributed by atoms with E-state index < -0.39 is 12.3 Å². The van der Waals surface area contributed by atoms with E-state index in [4.69, 9.17) is 4.74 Å². The molecule has 0 aliphatic carbocycles. The first-order chi connectivity index (χ1) is 9.15. The van der Waals surface area contributed by atoms with Gasteiger partial charge < -0.3 is 9.84 Å². The van der Waals surface area contributed by atoms with Gasteiger partial charge in [-0.05, 0) is 12.0 Å². The van der Waals surface area contributed by atoms with Crippen LogP contribution in [0.15, 0.2) is 30.3 Å². The molecule has 5 nitrogen and oxygen atoms in total. The number of hydrogen-bond donors (Lipinski definition) is 1. The topological polar surface area (TPSA) is 72.6 Å². The molecule has 0 radical (unpaired) electrons. The normalized spacial score (nSPS) is 31.1. The molecule has 4 atom stereocenters. The maximum absolute atomic E-state index is 11.2. The molecule has 2 rings (SSSR count). The SMILES string of the molecule is CCC[C@H]1[C@H](c2ccccc2)[C@@H]([N+](=O)[O-])CO[C@@H]1O. The van der Waals surface area contributed by atoms with Gasteiger partial charge in [-0.2, -0.15) is 0 Å². The van der Waals surface area contributed by atoms with Crippen LogP contribution in [0.3, 0.4) is 0 Å². The van der Waals surface area contributed by atoms with Gasteiger partial charge in [0.1, 0.15) is 6.61 Å². The molecule has 0 unspecified atom stereocenters. The summed E-state index contributed by atoms with van der Waals surface area (Å²) >= 11 is 0. The van der Waals surface area contributed by atoms with Gasteiger partial charge in [-0.15, -0.1) is 0 Å². The quantitative estimate of drug-likeness (QED) is 0.669. The molecule has 1 fully saturated rings. The number of benzene rings is 1. The van der Waals surface area contributed by atoms with Gasteiger partial charge >= 0.3 is 0 Å². The lowest BCUT2D eigenvalue weighted by Crippen LogP contribution is -2.47. The Kier molecular flexibility index (Phi) is 4.50. The minimum Gasteiger partial charge on any atom is -0.368 e. The maximum atomic E-state index is 11.2. The van der Waals surface area contributed by atoms with E-state index in [9.17, 15) is 15.2 Å². The minimum absolute atomic E-state index is 0.0338. The summed E-state index contributed by atoms with van der Waals surface area (Å²) in [4.78, 5) is 11.0. The molecule has 0 spiro atoms. The summed E-state index contributed by atoms with van der Waals surface area (Å²) in [6.07, 6.45) is 0.658. The third-order valence-electron chi connectivity index (χ3n) is 3.76. The molecule has 1 saturated heterocycles. The van der Waals surface area contributed by atoms with E-state index >= 15 is 0 Å². The van der Waals surface area contributed by atoms with Gasteiger partial charge in [0.2, 0.25) is 6.04 Å². The standard InChI is InChI=1S/C14H19NO4/c1-2-6-11-13(10-7-4-3-5-8-10)12(15(17)18)9-19-14(11)16/h3-5,7-8,11-14,16H,2,6,9H2,1H3/t11-,12-,13-,14-/m0/s1. The fourth-order valence-corrected chi connectivity index (χ4v) is 2.88. The van der Waals surface area contributed by atoms with E-state index in [0.29, 0.717) is 6.42 Å². The molecule has 104 valence electrons. The average Bonchev–Trinajstić information content (AvgIpc) is 2.41. The van der Waals surface area contributed by atoms with Crippen molar-refractivity contribution in [2.24, 2.45) is 5.92 Å². The molecular formula is C14H19NO4. The Morgan fingerprint density at radius 3 is 2.68 bits per heavy atom. The van der Waals surface area contributed by atoms with Gasteiger partial charge in [0, 0.05) is 10.8 Å². The van der Waals surface area contributed by atoms with Crippen LogP contribution in [0.25, 0.3) is 0 Å². The van der Waals surface area contributed by atoms with Gasteiger partial charge in [-0.1, -0.05) is 43.7 Å². The number of hydrogen-bond acceptors (Lipinski definition) is 4. The van der Waals surface area contributed by atoms with Crippen molar-refractivity contribution in [2.75, 3.05) is 6.61 Å². The first-order valence-corrected chi connectivity index (χ1v) is 6.63. The number of ether oxygens (including phenoxy) is 1. The minimum atomic E-state index is -0.915. The number of aliphatic hydroxyl groups excluding tert-OH is 1. The van der Waals surface area contributed by atoms with Crippen molar-refractivity contribution in [3.05, 3.63) is 46.0 Å². The lowest BCUT2D eigenvalue weighted by Gasteiger charge is -2.37. The zero-order chi connectivity index (χ0) is 13.8. The molecule has 19 heavy (non-hydrogen) atoms. The fourth-order valence-electron chi connectivity index (χ4n) is 2.88. The van der Waals surface area contributed by atoms with E-state index in [-0.39, 0.29) is 23.4 Å². The van der Waals surface area contributed by atoms with Crippen molar-refractivity contribution in [1.82, 2.24) is 0 Å². The predicted molar refractivity (Wildman–Crippen MR) is 70.3 cm³/mol. The lowest BCUT2D eigenvalue weighted by atomic mass is 9.77. The Bertz CT molecular complexity index is 423. The highest BCUT2D eigenvalue weighted by Crippen LogP contribution is 2.38. The van der Waals surface area contributed by atoms with Gasteiger partial charge in [-0.25, -0.2) is 0 Å². The van der Waals surface area contributed by atoms with Gasteiger partial charge in [0.05, 0.1) is 5.92 Å². The summed E-state index contributed by atoms with van der Waals surface area (Å²) in [6, 6.07) is 8.62. The summed E-state index contributed by atoms with van der Waals surface area (Å²) in [7, 11) is 0. The lowest BCUT2D eigenvalue weighted by molar-refractivity contribution is -0.542. The second-order valence-electron chi connectivity index (χ2n) is 4.97. The third-order valence-corrected chi connectivity index (χ3v) is 3.76. The first-order valence-electron chi connectivity index (χ1n) is 6.63. The third kappa shape index (κ3) is 2.93. The monoisotopic (exact) mass is 265 g/mol. The van der Waals surface area contributed by atoms with Crippen molar-refractivity contribution in [3.63, 3.8) is 0 Å². The summed E-state index contributed by atoms with van der Waals surface area (Å²) in [5, 5.41) is 21.2. The molecule has 1 aromatic carbocycles. The van der Waals surface area contributed by atoms with Crippen LogP contribution in [0, 0.1) is 16.0 Å². The molecule has 0 aromatic heterocycles. The molecule has 0 saturated carbocycles. The van der Waals surface area contributed by atoms with E-state index in [2.05, 4.69) is 0 Å². The largest absolute Gasteiger partial charge is 0.368 e. The highest BCUT2D eigenvalue weighted by Gasteiger charge is 2.46. The second-order valence-corrected chi connectivity index (χ2v) is 4.97. The number of nitro groups is 1. The van der Waals surface area contributed by atoms with Gasteiger partial charge in [-0.3, -0.25) is 10.1 Å². The number of rotatable bonds is 4. The Labute approximate surface area is 112 Å². The van der Waals surface area contributed by atoms with Crippen molar-refractivity contribution < 1.29 is 14.8 Å². The van der Waals surface area contributed by atoms with Crippen LogP contribution in [0.2, 0.25) is 0 Å². The predicted octanol–water partition coefficient (Wildman–Crippen LogP) is 2.18. The molecule has 1 heterocycles. The molecule has 0 amide bonds. The maximum Gasteiger partial charge on any atom is 0.243 e. The van der Waals surface area contributed by atoms with Gasteiger partial charge in [0.15, 0.2) is 6.29 Å². The van der Waals surface area contributed by atoms with Crippen molar-refractivity contribution >= 4 is 0 Å². The zero-order valence-corrected chi connectivity index (χ0v) is 10.9. The van der Waals surface area contributed by atoms with Crippen LogP contribution in [-0.4, -0.2) is 29.0 Å². The van der Waals surface area contributed by atoms with E-state index in [0.717, 1.165) is 12.0 Å². The summed E-state index contributed by atoms with van der Waals surface area (Å²) in [5.74, 6) is -0.517.